The van der Waals surface area contributed by atoms with E-state index in [-0.39, 0.29) is 11.3 Å². The summed E-state index contributed by atoms with van der Waals surface area (Å²) < 4.78 is 13.2. The van der Waals surface area contributed by atoms with Crippen LogP contribution in [0.2, 0.25) is 0 Å². The molecule has 0 heterocycles. The summed E-state index contributed by atoms with van der Waals surface area (Å²) in [4.78, 5) is 0. The molecule has 3 aliphatic rings. The first-order chi connectivity index (χ1) is 9.76. The van der Waals surface area contributed by atoms with Crippen LogP contribution < -0.4 is 0 Å². The minimum absolute atomic E-state index is 0. The van der Waals surface area contributed by atoms with Crippen LogP contribution in [0.1, 0.15) is 90.4 Å². The Morgan fingerprint density at radius 2 is 1.10 bits per heavy atom. The highest BCUT2D eigenvalue weighted by Crippen LogP contribution is 2.41. The zero-order valence-electron chi connectivity index (χ0n) is 13.7. The third-order valence-electron chi connectivity index (χ3n) is 5.65. The lowest BCUT2D eigenvalue weighted by atomic mass is 9.85. The molecule has 0 amide bonds. The van der Waals surface area contributed by atoms with E-state index in [1.165, 1.54) is 70.6 Å². The summed E-state index contributed by atoms with van der Waals surface area (Å²) in [5.74, 6) is 0.633. The normalized spacial score (nSPS) is 35.6. The second kappa shape index (κ2) is 7.94. The Hall–Kier alpha value is -0.120. The van der Waals surface area contributed by atoms with Gasteiger partial charge in [-0.1, -0.05) is 39.0 Å². The monoisotopic (exact) mass is 298 g/mol. The van der Waals surface area contributed by atoms with Crippen LogP contribution in [0, 0.1) is 5.92 Å². The molecule has 0 bridgehead atoms. The van der Waals surface area contributed by atoms with E-state index < -0.39 is 0 Å². The van der Waals surface area contributed by atoms with Crippen LogP contribution in [0.5, 0.6) is 0 Å². The van der Waals surface area contributed by atoms with Crippen LogP contribution >= 0.6 is 0 Å². The smallest absolute Gasteiger partial charge is 0.169 e. The van der Waals surface area contributed by atoms with Gasteiger partial charge in [-0.05, 0) is 44.4 Å². The molecule has 0 aromatic rings. The number of ether oxygens (including phenoxy) is 2. The van der Waals surface area contributed by atoms with E-state index in [9.17, 15) is 0 Å². The number of hydrogen-bond donors (Lipinski definition) is 0. The highest BCUT2D eigenvalue weighted by Gasteiger charge is 2.40. The first-order valence-electron chi connectivity index (χ1n) is 9.11. The molecule has 0 aliphatic heterocycles. The van der Waals surface area contributed by atoms with Gasteiger partial charge in [0.05, 0.1) is 12.2 Å². The summed E-state index contributed by atoms with van der Waals surface area (Å²) in [5, 5.41) is 0. The topological polar surface area (TPSA) is 50.0 Å². The van der Waals surface area contributed by atoms with Crippen molar-refractivity contribution in [1.82, 2.24) is 0 Å². The van der Waals surface area contributed by atoms with E-state index in [1.54, 1.807) is 0 Å². The van der Waals surface area contributed by atoms with Gasteiger partial charge in [0.15, 0.2) is 5.79 Å². The Morgan fingerprint density at radius 3 is 1.57 bits per heavy atom. The van der Waals surface area contributed by atoms with Crippen molar-refractivity contribution in [2.45, 2.75) is 108 Å². The first kappa shape index (κ1) is 17.2. The van der Waals surface area contributed by atoms with Crippen LogP contribution in [0.3, 0.4) is 0 Å². The largest absolute Gasteiger partial charge is 0.412 e. The van der Waals surface area contributed by atoms with Crippen molar-refractivity contribution >= 4 is 0 Å². The molecule has 3 saturated carbocycles. The van der Waals surface area contributed by atoms with Gasteiger partial charge in [-0.15, -0.1) is 0 Å². The lowest BCUT2D eigenvalue weighted by Crippen LogP contribution is -2.45. The maximum atomic E-state index is 6.61. The Kier molecular flexibility index (Phi) is 6.51. The fraction of sp³-hybridized carbons (Fsp3) is 1.00. The highest BCUT2D eigenvalue weighted by molar-refractivity contribution is 4.83. The molecule has 3 heteroatoms. The van der Waals surface area contributed by atoms with Crippen LogP contribution in [0.25, 0.3) is 0 Å². The zero-order valence-corrected chi connectivity index (χ0v) is 13.7. The zero-order chi connectivity index (χ0) is 13.8. The molecular weight excluding hydrogens is 264 g/mol. The number of hydrogen-bond acceptors (Lipinski definition) is 2. The van der Waals surface area contributed by atoms with Crippen molar-refractivity contribution in [3.63, 3.8) is 0 Å². The van der Waals surface area contributed by atoms with E-state index >= 15 is 0 Å². The van der Waals surface area contributed by atoms with Crippen LogP contribution in [0.4, 0.5) is 0 Å². The predicted octanol–water partition coefficient (Wildman–Crippen LogP) is 4.38. The first-order valence-corrected chi connectivity index (χ1v) is 9.11. The standard InChI is InChI=1S/C18H32O2.H2O/c1-15-11-13-18(14-12-15,20-17-9-5-6-10-17)19-16-7-3-2-4-8-16;/h15-17H,2-14H2,1H3;1H2. The minimum Gasteiger partial charge on any atom is -0.412 e. The SMILES string of the molecule is CC1CCC(OC2CCCCC2)(OC2CCCC2)CC1.O. The second-order valence-electron chi connectivity index (χ2n) is 7.50. The minimum atomic E-state index is -0.219. The summed E-state index contributed by atoms with van der Waals surface area (Å²) in [5.41, 5.74) is 0. The average Bonchev–Trinajstić information content (AvgIpc) is 2.96. The Bertz CT molecular complexity index is 285. The van der Waals surface area contributed by atoms with Gasteiger partial charge in [0.2, 0.25) is 0 Å². The molecule has 0 saturated heterocycles. The van der Waals surface area contributed by atoms with Crippen molar-refractivity contribution in [2.24, 2.45) is 5.92 Å². The summed E-state index contributed by atoms with van der Waals surface area (Å²) in [7, 11) is 0. The van der Waals surface area contributed by atoms with E-state index in [0.29, 0.717) is 12.2 Å². The quantitative estimate of drug-likeness (QED) is 0.723. The highest BCUT2D eigenvalue weighted by atomic mass is 16.7. The average molecular weight is 298 g/mol. The molecule has 0 spiro atoms. The predicted molar refractivity (Wildman–Crippen MR) is 85.3 cm³/mol. The van der Waals surface area contributed by atoms with Gasteiger partial charge in [-0.3, -0.25) is 0 Å². The molecule has 0 atom stereocenters. The maximum absolute atomic E-state index is 6.61. The van der Waals surface area contributed by atoms with Crippen molar-refractivity contribution in [3.05, 3.63) is 0 Å². The van der Waals surface area contributed by atoms with Crippen molar-refractivity contribution in [3.8, 4) is 0 Å². The third kappa shape index (κ3) is 4.67. The van der Waals surface area contributed by atoms with Gasteiger partial charge < -0.3 is 14.9 Å². The van der Waals surface area contributed by atoms with E-state index in [2.05, 4.69) is 6.92 Å². The molecular formula is C18H34O3. The van der Waals surface area contributed by atoms with Gasteiger partial charge in [-0.2, -0.15) is 0 Å². The fourth-order valence-electron chi connectivity index (χ4n) is 4.26. The van der Waals surface area contributed by atoms with Gasteiger partial charge in [-0.25, -0.2) is 0 Å². The molecule has 0 aromatic carbocycles. The third-order valence-corrected chi connectivity index (χ3v) is 5.65. The summed E-state index contributed by atoms with van der Waals surface area (Å²) in [6, 6.07) is 0. The second-order valence-corrected chi connectivity index (χ2v) is 7.50. The van der Waals surface area contributed by atoms with Gasteiger partial charge in [0.25, 0.3) is 0 Å². The lowest BCUT2D eigenvalue weighted by molar-refractivity contribution is -0.296. The molecule has 3 fully saturated rings. The Morgan fingerprint density at radius 1 is 0.667 bits per heavy atom. The molecule has 2 N–H and O–H groups in total. The Labute approximate surface area is 130 Å². The van der Waals surface area contributed by atoms with Gasteiger partial charge >= 0.3 is 0 Å². The van der Waals surface area contributed by atoms with E-state index in [1.807, 2.05) is 0 Å². The number of rotatable bonds is 4. The van der Waals surface area contributed by atoms with Crippen LogP contribution in [-0.2, 0) is 9.47 Å². The molecule has 0 unspecified atom stereocenters. The summed E-state index contributed by atoms with van der Waals surface area (Å²) in [6.07, 6.45) is 17.6. The van der Waals surface area contributed by atoms with Crippen molar-refractivity contribution < 1.29 is 14.9 Å². The maximum Gasteiger partial charge on any atom is 0.169 e. The van der Waals surface area contributed by atoms with Crippen LogP contribution in [-0.4, -0.2) is 23.5 Å². The molecule has 21 heavy (non-hydrogen) atoms. The van der Waals surface area contributed by atoms with Crippen molar-refractivity contribution in [1.29, 1.82) is 0 Å². The van der Waals surface area contributed by atoms with Gasteiger partial charge in [0.1, 0.15) is 0 Å². The fourth-order valence-corrected chi connectivity index (χ4v) is 4.26. The summed E-state index contributed by atoms with van der Waals surface area (Å²) in [6.45, 7) is 2.38. The Balaban J connectivity index is 0.00000161. The molecule has 3 nitrogen and oxygen atoms in total. The lowest BCUT2D eigenvalue weighted by Gasteiger charge is -2.43. The van der Waals surface area contributed by atoms with Gasteiger partial charge in [0, 0.05) is 12.8 Å². The molecule has 0 aromatic heterocycles. The molecule has 3 rings (SSSR count). The van der Waals surface area contributed by atoms with Crippen LogP contribution in [0.15, 0.2) is 0 Å². The van der Waals surface area contributed by atoms with Crippen molar-refractivity contribution in [2.75, 3.05) is 0 Å². The van der Waals surface area contributed by atoms with E-state index in [0.717, 1.165) is 18.8 Å². The van der Waals surface area contributed by atoms with E-state index in [4.69, 9.17) is 9.47 Å². The molecule has 0 radical (unpaired) electrons. The molecule has 124 valence electrons. The molecule has 3 aliphatic carbocycles. The summed E-state index contributed by atoms with van der Waals surface area (Å²) >= 11 is 0.